The first-order valence-electron chi connectivity index (χ1n) is 11.6. The van der Waals surface area contributed by atoms with Crippen LogP contribution in [-0.2, 0) is 0 Å². The SMILES string of the molecule is CC1NN(c2cc(O[C@@H](C)C(F)(F)F)c(C(=O)Nc3c(F)cccc3F)cc2F)C(=O)N1C1CCCC1. The second kappa shape index (κ2) is 10.1. The number of ether oxygens (including phenoxy) is 1. The fourth-order valence-corrected chi connectivity index (χ4v) is 4.46. The van der Waals surface area contributed by atoms with Crippen LogP contribution in [0, 0.1) is 17.5 Å². The summed E-state index contributed by atoms with van der Waals surface area (Å²) in [7, 11) is 0. The molecule has 0 bridgehead atoms. The second-order valence-electron chi connectivity index (χ2n) is 8.92. The van der Waals surface area contributed by atoms with Gasteiger partial charge in [0.05, 0.1) is 11.7 Å². The number of hydrazine groups is 1. The van der Waals surface area contributed by atoms with Crippen LogP contribution in [0.2, 0.25) is 0 Å². The van der Waals surface area contributed by atoms with Crippen molar-refractivity contribution in [2.45, 2.75) is 64.0 Å². The number of hydrogen-bond acceptors (Lipinski definition) is 4. The standard InChI is InChI=1S/C24H24F6N4O3/c1-12(24(28,29)30)37-20-11-19(34-23(36)33(13(2)32-34)14-6-3-4-7-14)18(27)10-15(20)22(35)31-21-16(25)8-5-9-17(21)26/h5,8-14,32H,3-4,6-7H2,1-2H3,(H,31,35)/t12-,13?/m0/s1. The van der Waals surface area contributed by atoms with Gasteiger partial charge in [0.1, 0.15) is 34.6 Å². The fourth-order valence-electron chi connectivity index (χ4n) is 4.46. The second-order valence-corrected chi connectivity index (χ2v) is 8.92. The predicted octanol–water partition coefficient (Wildman–Crippen LogP) is 5.72. The third kappa shape index (κ3) is 5.31. The number of urea groups is 1. The summed E-state index contributed by atoms with van der Waals surface area (Å²) in [6, 6.07) is 3.40. The number of nitrogens with one attached hydrogen (secondary N) is 2. The Morgan fingerprint density at radius 3 is 2.32 bits per heavy atom. The zero-order valence-corrected chi connectivity index (χ0v) is 19.8. The number of amides is 3. The van der Waals surface area contributed by atoms with E-state index in [1.54, 1.807) is 6.92 Å². The Labute approximate surface area is 208 Å². The lowest BCUT2D eigenvalue weighted by Gasteiger charge is -2.26. The number of carbonyl (C=O) groups excluding carboxylic acids is 2. The van der Waals surface area contributed by atoms with Gasteiger partial charge in [0.15, 0.2) is 6.10 Å². The van der Waals surface area contributed by atoms with Gasteiger partial charge in [0, 0.05) is 12.1 Å². The minimum Gasteiger partial charge on any atom is -0.480 e. The molecule has 7 nitrogen and oxygen atoms in total. The zero-order valence-electron chi connectivity index (χ0n) is 19.8. The first-order chi connectivity index (χ1) is 17.4. The fraction of sp³-hybridized carbons (Fsp3) is 0.417. The van der Waals surface area contributed by atoms with Gasteiger partial charge in [0.25, 0.3) is 5.91 Å². The molecule has 0 radical (unpaired) electrons. The van der Waals surface area contributed by atoms with Gasteiger partial charge in [0.2, 0.25) is 0 Å². The molecule has 1 aliphatic heterocycles. The zero-order chi connectivity index (χ0) is 27.1. The molecule has 1 heterocycles. The van der Waals surface area contributed by atoms with Crippen molar-refractivity contribution in [1.29, 1.82) is 0 Å². The molecule has 1 unspecified atom stereocenters. The molecule has 1 saturated heterocycles. The molecule has 0 aromatic heterocycles. The van der Waals surface area contributed by atoms with Gasteiger partial charge >= 0.3 is 12.2 Å². The Morgan fingerprint density at radius 1 is 1.11 bits per heavy atom. The van der Waals surface area contributed by atoms with Gasteiger partial charge < -0.3 is 15.0 Å². The number of hydrogen-bond donors (Lipinski definition) is 2. The smallest absolute Gasteiger partial charge is 0.425 e. The van der Waals surface area contributed by atoms with Gasteiger partial charge in [-0.1, -0.05) is 18.9 Å². The van der Waals surface area contributed by atoms with Crippen LogP contribution in [0.5, 0.6) is 5.75 Å². The summed E-state index contributed by atoms with van der Waals surface area (Å²) in [5, 5.41) is 2.75. The molecule has 1 aliphatic carbocycles. The molecular formula is C24H24F6N4O3. The Bertz CT molecular complexity index is 1180. The summed E-state index contributed by atoms with van der Waals surface area (Å²) in [6.07, 6.45) is -4.44. The molecule has 13 heteroatoms. The molecule has 3 amide bonds. The molecule has 2 aliphatic rings. The van der Waals surface area contributed by atoms with E-state index >= 15 is 4.39 Å². The average molecular weight is 530 g/mol. The molecule has 2 atom stereocenters. The van der Waals surface area contributed by atoms with Crippen molar-refractivity contribution in [3.63, 3.8) is 0 Å². The van der Waals surface area contributed by atoms with Crippen LogP contribution in [0.3, 0.4) is 0 Å². The molecule has 4 rings (SSSR count). The van der Waals surface area contributed by atoms with Crippen LogP contribution >= 0.6 is 0 Å². The van der Waals surface area contributed by atoms with Gasteiger partial charge in [-0.2, -0.15) is 13.2 Å². The number of halogens is 6. The molecule has 2 aromatic carbocycles. The summed E-state index contributed by atoms with van der Waals surface area (Å²) in [5.41, 5.74) is 0.689. The monoisotopic (exact) mass is 530 g/mol. The average Bonchev–Trinajstić information content (AvgIpc) is 3.44. The lowest BCUT2D eigenvalue weighted by Crippen LogP contribution is -2.41. The molecule has 37 heavy (non-hydrogen) atoms. The minimum atomic E-state index is -4.85. The van der Waals surface area contributed by atoms with Crippen LogP contribution in [0.25, 0.3) is 0 Å². The van der Waals surface area contributed by atoms with Crippen LogP contribution in [-0.4, -0.2) is 41.3 Å². The van der Waals surface area contributed by atoms with Gasteiger partial charge in [-0.25, -0.2) is 28.4 Å². The van der Waals surface area contributed by atoms with E-state index in [0.717, 1.165) is 55.0 Å². The third-order valence-corrected chi connectivity index (χ3v) is 6.36. The summed E-state index contributed by atoms with van der Waals surface area (Å²) < 4.78 is 88.0. The maximum Gasteiger partial charge on any atom is 0.425 e. The molecular weight excluding hydrogens is 506 g/mol. The van der Waals surface area contributed by atoms with Crippen molar-refractivity contribution in [2.24, 2.45) is 0 Å². The first kappa shape index (κ1) is 26.6. The minimum absolute atomic E-state index is 0.0789. The summed E-state index contributed by atoms with van der Waals surface area (Å²) in [5.74, 6) is -5.50. The number of carbonyl (C=O) groups is 2. The highest BCUT2D eigenvalue weighted by molar-refractivity contribution is 6.07. The quantitative estimate of drug-likeness (QED) is 0.469. The van der Waals surface area contributed by atoms with Gasteiger partial charge in [-0.05, 0) is 44.9 Å². The lowest BCUT2D eigenvalue weighted by molar-refractivity contribution is -0.189. The van der Waals surface area contributed by atoms with E-state index in [1.807, 2.05) is 5.32 Å². The topological polar surface area (TPSA) is 73.9 Å². The van der Waals surface area contributed by atoms with Crippen LogP contribution in [0.1, 0.15) is 49.9 Å². The number of nitrogens with zero attached hydrogens (tertiary/aromatic N) is 2. The molecule has 1 saturated carbocycles. The normalized spacial score (nSPS) is 19.5. The van der Waals surface area contributed by atoms with Crippen LogP contribution < -0.4 is 20.5 Å². The van der Waals surface area contributed by atoms with E-state index in [2.05, 4.69) is 5.43 Å². The highest BCUT2D eigenvalue weighted by Gasteiger charge is 2.43. The summed E-state index contributed by atoms with van der Waals surface area (Å²) in [6.45, 7) is 2.35. The van der Waals surface area contributed by atoms with E-state index in [0.29, 0.717) is 13.0 Å². The van der Waals surface area contributed by atoms with E-state index < -0.39 is 70.5 Å². The summed E-state index contributed by atoms with van der Waals surface area (Å²) >= 11 is 0. The molecule has 200 valence electrons. The molecule has 2 N–H and O–H groups in total. The highest BCUT2D eigenvalue weighted by Crippen LogP contribution is 2.36. The molecule has 2 aromatic rings. The van der Waals surface area contributed by atoms with Gasteiger partial charge in [-0.3, -0.25) is 4.79 Å². The number of anilines is 2. The van der Waals surface area contributed by atoms with E-state index in [-0.39, 0.29) is 6.04 Å². The largest absolute Gasteiger partial charge is 0.480 e. The third-order valence-electron chi connectivity index (χ3n) is 6.36. The number of rotatable bonds is 6. The van der Waals surface area contributed by atoms with Crippen molar-refractivity contribution in [1.82, 2.24) is 10.3 Å². The number of benzene rings is 2. The van der Waals surface area contributed by atoms with Crippen LogP contribution in [0.4, 0.5) is 42.5 Å². The van der Waals surface area contributed by atoms with E-state index in [1.165, 1.54) is 4.90 Å². The maximum absolute atomic E-state index is 15.3. The van der Waals surface area contributed by atoms with Crippen molar-refractivity contribution >= 4 is 23.3 Å². The Hall–Kier alpha value is -3.48. The van der Waals surface area contributed by atoms with Crippen molar-refractivity contribution < 1.29 is 40.7 Å². The van der Waals surface area contributed by atoms with Crippen molar-refractivity contribution in [3.05, 3.63) is 53.3 Å². The number of para-hydroxylation sites is 1. The number of alkyl halides is 3. The maximum atomic E-state index is 15.3. The van der Waals surface area contributed by atoms with Gasteiger partial charge in [-0.15, -0.1) is 0 Å². The van der Waals surface area contributed by atoms with Crippen molar-refractivity contribution in [2.75, 3.05) is 10.3 Å². The first-order valence-corrected chi connectivity index (χ1v) is 11.6. The van der Waals surface area contributed by atoms with E-state index in [9.17, 15) is 31.5 Å². The van der Waals surface area contributed by atoms with Crippen LogP contribution in [0.15, 0.2) is 30.3 Å². The van der Waals surface area contributed by atoms with E-state index in [4.69, 9.17) is 4.74 Å². The molecule has 0 spiro atoms. The Balaban J connectivity index is 1.71. The predicted molar refractivity (Wildman–Crippen MR) is 121 cm³/mol. The summed E-state index contributed by atoms with van der Waals surface area (Å²) in [4.78, 5) is 27.5. The Morgan fingerprint density at radius 2 is 1.73 bits per heavy atom. The lowest BCUT2D eigenvalue weighted by atomic mass is 10.1. The highest BCUT2D eigenvalue weighted by atomic mass is 19.4. The molecule has 2 fully saturated rings. The Kier molecular flexibility index (Phi) is 7.27. The van der Waals surface area contributed by atoms with Crippen molar-refractivity contribution in [3.8, 4) is 5.75 Å².